The molecule has 1 aromatic rings. The normalized spacial score (nSPS) is 19.6. The van der Waals surface area contributed by atoms with E-state index in [-0.39, 0.29) is 36.2 Å². The fourth-order valence-electron chi connectivity index (χ4n) is 2.54. The zero-order valence-corrected chi connectivity index (χ0v) is 13.6. The third-order valence-electron chi connectivity index (χ3n) is 3.88. The van der Waals surface area contributed by atoms with Crippen LogP contribution in [0.25, 0.3) is 0 Å². The highest BCUT2D eigenvalue weighted by Crippen LogP contribution is 2.32. The number of nitrogens with two attached hydrogens (primary N) is 1. The molecule has 1 unspecified atom stereocenters. The van der Waals surface area contributed by atoms with Gasteiger partial charge in [0.25, 0.3) is 0 Å². The zero-order chi connectivity index (χ0) is 17.5. The van der Waals surface area contributed by atoms with E-state index in [1.165, 1.54) is 6.21 Å². The summed E-state index contributed by atoms with van der Waals surface area (Å²) in [6.07, 6.45) is 1.96. The van der Waals surface area contributed by atoms with Gasteiger partial charge in [-0.3, -0.25) is 9.79 Å². The second-order valence-corrected chi connectivity index (χ2v) is 5.71. The van der Waals surface area contributed by atoms with Crippen LogP contribution in [0.15, 0.2) is 46.7 Å². The van der Waals surface area contributed by atoms with Gasteiger partial charge in [0, 0.05) is 25.6 Å². The van der Waals surface area contributed by atoms with Crippen molar-refractivity contribution in [1.29, 1.82) is 0 Å². The average Bonchev–Trinajstić information content (AvgIpc) is 2.59. The summed E-state index contributed by atoms with van der Waals surface area (Å²) < 4.78 is 4.88. The molecule has 1 aromatic carbocycles. The van der Waals surface area contributed by atoms with E-state index >= 15 is 0 Å². The van der Waals surface area contributed by atoms with Crippen molar-refractivity contribution in [3.63, 3.8) is 0 Å². The first-order valence-electron chi connectivity index (χ1n) is 7.93. The number of hydrogen-bond donors (Lipinski definition) is 2. The number of nitrogens with zero attached hydrogens (tertiary/aromatic N) is 1. The summed E-state index contributed by atoms with van der Waals surface area (Å²) in [7, 11) is 0. The summed E-state index contributed by atoms with van der Waals surface area (Å²) in [4.78, 5) is 27.9. The Kier molecular flexibility index (Phi) is 6.26. The number of carbonyl (C=O) groups is 2. The van der Waals surface area contributed by atoms with Gasteiger partial charge in [-0.2, -0.15) is 0 Å². The van der Waals surface area contributed by atoms with E-state index < -0.39 is 12.0 Å². The van der Waals surface area contributed by atoms with Crippen LogP contribution in [-0.2, 0) is 14.3 Å². The molecule has 0 spiro atoms. The topological polar surface area (TPSA) is 102 Å². The number of esters is 1. The minimum Gasteiger partial charge on any atom is -0.511 e. The van der Waals surface area contributed by atoms with Gasteiger partial charge in [-0.15, -0.1) is 0 Å². The van der Waals surface area contributed by atoms with Gasteiger partial charge in [-0.05, 0) is 18.4 Å². The van der Waals surface area contributed by atoms with Crippen molar-refractivity contribution in [3.8, 4) is 0 Å². The molecule has 24 heavy (non-hydrogen) atoms. The summed E-state index contributed by atoms with van der Waals surface area (Å²) in [6.45, 7) is 1.94. The Balaban J connectivity index is 2.06. The Morgan fingerprint density at radius 1 is 1.42 bits per heavy atom. The molecule has 1 aliphatic rings. The predicted octanol–water partition coefficient (Wildman–Crippen LogP) is 1.91. The van der Waals surface area contributed by atoms with E-state index in [0.717, 1.165) is 5.56 Å². The van der Waals surface area contributed by atoms with Gasteiger partial charge in [0.2, 0.25) is 0 Å². The van der Waals surface area contributed by atoms with Crippen LogP contribution < -0.4 is 5.73 Å². The van der Waals surface area contributed by atoms with Gasteiger partial charge in [-0.1, -0.05) is 30.3 Å². The van der Waals surface area contributed by atoms with Gasteiger partial charge in [0.05, 0.1) is 5.57 Å². The highest BCUT2D eigenvalue weighted by molar-refractivity contribution is 6.14. The Labute approximate surface area is 141 Å². The number of aliphatic hydroxyl groups is 1. The van der Waals surface area contributed by atoms with Crippen LogP contribution in [-0.4, -0.2) is 42.3 Å². The summed E-state index contributed by atoms with van der Waals surface area (Å²) in [6, 6.07) is 8.86. The van der Waals surface area contributed by atoms with Crippen molar-refractivity contribution in [3.05, 3.63) is 47.2 Å². The van der Waals surface area contributed by atoms with Gasteiger partial charge in [0.1, 0.15) is 18.4 Å². The van der Waals surface area contributed by atoms with E-state index in [1.54, 1.807) is 6.92 Å². The van der Waals surface area contributed by atoms with Crippen LogP contribution >= 0.6 is 0 Å². The smallest absolute Gasteiger partial charge is 0.330 e. The van der Waals surface area contributed by atoms with Gasteiger partial charge >= 0.3 is 5.97 Å². The second kappa shape index (κ2) is 8.40. The molecule has 2 atom stereocenters. The predicted molar refractivity (Wildman–Crippen MR) is 91.0 cm³/mol. The van der Waals surface area contributed by atoms with E-state index in [2.05, 4.69) is 4.99 Å². The van der Waals surface area contributed by atoms with Crippen molar-refractivity contribution in [2.24, 2.45) is 10.7 Å². The number of ether oxygens (including phenoxy) is 1. The molecule has 1 aliphatic carbocycles. The third kappa shape index (κ3) is 4.52. The summed E-state index contributed by atoms with van der Waals surface area (Å²) in [5.74, 6) is -0.727. The number of allylic oxidation sites excluding steroid dienone is 2. The summed E-state index contributed by atoms with van der Waals surface area (Å²) in [5, 5.41) is 10.2. The highest BCUT2D eigenvalue weighted by Gasteiger charge is 2.28. The number of Topliss-reactive ketones (excluding diaryl/α,β-unsaturated/α-hetero) is 1. The first-order valence-corrected chi connectivity index (χ1v) is 7.93. The van der Waals surface area contributed by atoms with E-state index in [0.29, 0.717) is 12.8 Å². The van der Waals surface area contributed by atoms with E-state index in [1.807, 2.05) is 30.3 Å². The van der Waals surface area contributed by atoms with Gasteiger partial charge < -0.3 is 15.6 Å². The van der Waals surface area contributed by atoms with Gasteiger partial charge in [-0.25, -0.2) is 4.79 Å². The van der Waals surface area contributed by atoms with Crippen molar-refractivity contribution in [2.45, 2.75) is 31.7 Å². The molecule has 0 aliphatic heterocycles. The number of carbonyl (C=O) groups excluding carboxylic acids is 2. The van der Waals surface area contributed by atoms with Crippen molar-refractivity contribution in [2.75, 3.05) is 13.2 Å². The van der Waals surface area contributed by atoms with Crippen LogP contribution in [0.4, 0.5) is 0 Å². The van der Waals surface area contributed by atoms with Crippen LogP contribution in [0.1, 0.15) is 31.2 Å². The number of hydrogen-bond acceptors (Lipinski definition) is 6. The van der Waals surface area contributed by atoms with Gasteiger partial charge in [0.15, 0.2) is 5.78 Å². The molecule has 0 fully saturated rings. The van der Waals surface area contributed by atoms with Crippen LogP contribution in [0.3, 0.4) is 0 Å². The number of benzene rings is 1. The quantitative estimate of drug-likeness (QED) is 0.613. The van der Waals surface area contributed by atoms with E-state index in [9.17, 15) is 14.7 Å². The van der Waals surface area contributed by atoms with Crippen LogP contribution in [0.2, 0.25) is 0 Å². The second-order valence-electron chi connectivity index (χ2n) is 5.71. The minimum absolute atomic E-state index is 0.00591. The number of aliphatic imine (C=N–C) groups is 1. The lowest BCUT2D eigenvalue weighted by Gasteiger charge is -2.22. The molecule has 0 saturated carbocycles. The average molecular weight is 330 g/mol. The Morgan fingerprint density at radius 2 is 2.12 bits per heavy atom. The molecule has 2 rings (SSSR count). The molecule has 0 heterocycles. The van der Waals surface area contributed by atoms with Crippen molar-refractivity contribution >= 4 is 18.0 Å². The van der Waals surface area contributed by atoms with Crippen LogP contribution in [0, 0.1) is 0 Å². The molecule has 0 saturated heterocycles. The molecular formula is C18H22N2O4. The maximum absolute atomic E-state index is 12.3. The number of aliphatic hydroxyl groups excluding tert-OH is 1. The zero-order valence-electron chi connectivity index (χ0n) is 13.6. The summed E-state index contributed by atoms with van der Waals surface area (Å²) in [5.41, 5.74) is 6.45. The SMILES string of the molecule is C[C@H](N=CC1=C(O)CC(c2ccccc2)CC1=O)C(=O)OCCN. The third-order valence-corrected chi connectivity index (χ3v) is 3.88. The molecular weight excluding hydrogens is 308 g/mol. The van der Waals surface area contributed by atoms with E-state index in [4.69, 9.17) is 10.5 Å². The molecule has 6 nitrogen and oxygen atoms in total. The lowest BCUT2D eigenvalue weighted by atomic mass is 9.83. The minimum atomic E-state index is -0.753. The van der Waals surface area contributed by atoms with Crippen molar-refractivity contribution < 1.29 is 19.4 Å². The molecule has 0 amide bonds. The maximum atomic E-state index is 12.3. The lowest BCUT2D eigenvalue weighted by Crippen LogP contribution is -2.23. The molecule has 6 heteroatoms. The Hall–Kier alpha value is -2.47. The Morgan fingerprint density at radius 3 is 2.75 bits per heavy atom. The fourth-order valence-corrected chi connectivity index (χ4v) is 2.54. The lowest BCUT2D eigenvalue weighted by molar-refractivity contribution is -0.144. The number of ketones is 1. The molecule has 128 valence electrons. The van der Waals surface area contributed by atoms with Crippen molar-refractivity contribution in [1.82, 2.24) is 0 Å². The molecule has 3 N–H and O–H groups in total. The molecule has 0 radical (unpaired) electrons. The molecule has 0 aromatic heterocycles. The molecule has 0 bridgehead atoms. The largest absolute Gasteiger partial charge is 0.511 e. The standard InChI is InChI=1S/C18H22N2O4/c1-12(18(23)24-8-7-19)20-11-15-16(21)9-14(10-17(15)22)13-5-3-2-4-6-13/h2-6,11-12,14,21H,7-10,19H2,1H3/t12-,14?/m0/s1. The Bertz CT molecular complexity index is 652. The first kappa shape index (κ1) is 17.9. The number of rotatable bonds is 6. The summed E-state index contributed by atoms with van der Waals surface area (Å²) >= 11 is 0. The first-order chi connectivity index (χ1) is 11.5. The van der Waals surface area contributed by atoms with Crippen LogP contribution in [0.5, 0.6) is 0 Å². The highest BCUT2D eigenvalue weighted by atomic mass is 16.5. The maximum Gasteiger partial charge on any atom is 0.330 e. The fraction of sp³-hybridized carbons (Fsp3) is 0.389. The monoisotopic (exact) mass is 330 g/mol.